The summed E-state index contributed by atoms with van der Waals surface area (Å²) in [5, 5.41) is 0. The lowest BCUT2D eigenvalue weighted by atomic mass is 9.94. The number of nitrogens with two attached hydrogens (primary N) is 1. The molecule has 0 aromatic carbocycles. The van der Waals surface area contributed by atoms with E-state index in [1.807, 2.05) is 0 Å². The van der Waals surface area contributed by atoms with Crippen molar-refractivity contribution in [2.24, 2.45) is 11.7 Å². The summed E-state index contributed by atoms with van der Waals surface area (Å²) in [6.07, 6.45) is 4.43. The van der Waals surface area contributed by atoms with Gasteiger partial charge in [0.1, 0.15) is 5.54 Å². The second kappa shape index (κ2) is 6.53. The molecule has 0 spiro atoms. The van der Waals surface area contributed by atoms with Gasteiger partial charge in [-0.25, -0.2) is 0 Å². The zero-order chi connectivity index (χ0) is 13.8. The highest BCUT2D eigenvalue weighted by molar-refractivity contribution is 5.79. The average molecular weight is 256 g/mol. The smallest absolute Gasteiger partial charge is 0.325 e. The fourth-order valence-electron chi connectivity index (χ4n) is 2.79. The van der Waals surface area contributed by atoms with Gasteiger partial charge in [0.15, 0.2) is 0 Å². The molecule has 1 aliphatic rings. The van der Waals surface area contributed by atoms with Crippen molar-refractivity contribution >= 4 is 5.97 Å². The van der Waals surface area contributed by atoms with Crippen molar-refractivity contribution in [2.45, 2.75) is 58.0 Å². The molecule has 1 aliphatic heterocycles. The van der Waals surface area contributed by atoms with Gasteiger partial charge in [-0.3, -0.25) is 4.79 Å². The van der Waals surface area contributed by atoms with E-state index in [9.17, 15) is 4.79 Å². The minimum absolute atomic E-state index is 0.322. The molecule has 1 saturated heterocycles. The summed E-state index contributed by atoms with van der Waals surface area (Å²) in [7, 11) is 1.39. The molecular weight excluding hydrogens is 228 g/mol. The highest BCUT2D eigenvalue weighted by atomic mass is 16.5. The first kappa shape index (κ1) is 15.4. The van der Waals surface area contributed by atoms with Crippen LogP contribution < -0.4 is 5.73 Å². The van der Waals surface area contributed by atoms with E-state index in [1.54, 1.807) is 6.92 Å². The molecule has 0 aromatic heterocycles. The second-order valence-electron chi connectivity index (χ2n) is 6.03. The van der Waals surface area contributed by atoms with Gasteiger partial charge in [-0.05, 0) is 58.5 Å². The van der Waals surface area contributed by atoms with Gasteiger partial charge in [0.05, 0.1) is 7.11 Å². The number of ether oxygens (including phenoxy) is 1. The topological polar surface area (TPSA) is 55.6 Å². The van der Waals surface area contributed by atoms with Crippen LogP contribution in [-0.4, -0.2) is 42.6 Å². The Morgan fingerprint density at radius 3 is 2.78 bits per heavy atom. The summed E-state index contributed by atoms with van der Waals surface area (Å²) in [6, 6.07) is 0.324. The average Bonchev–Trinajstić information content (AvgIpc) is 2.52. The molecule has 1 fully saturated rings. The van der Waals surface area contributed by atoms with E-state index in [0.29, 0.717) is 12.5 Å². The van der Waals surface area contributed by atoms with E-state index in [-0.39, 0.29) is 5.97 Å². The number of nitrogens with zero attached hydrogens (tertiary/aromatic N) is 1. The molecule has 0 amide bonds. The van der Waals surface area contributed by atoms with E-state index in [2.05, 4.69) is 18.7 Å². The minimum atomic E-state index is -0.883. The van der Waals surface area contributed by atoms with E-state index in [0.717, 1.165) is 19.0 Å². The first-order chi connectivity index (χ1) is 8.36. The fourth-order valence-corrected chi connectivity index (χ4v) is 2.79. The van der Waals surface area contributed by atoms with Crippen LogP contribution in [0.5, 0.6) is 0 Å². The largest absolute Gasteiger partial charge is 0.468 e. The van der Waals surface area contributed by atoms with Crippen LogP contribution in [-0.2, 0) is 9.53 Å². The first-order valence-corrected chi connectivity index (χ1v) is 6.98. The maximum atomic E-state index is 11.6. The predicted octanol–water partition coefficient (Wildman–Crippen LogP) is 1.78. The van der Waals surface area contributed by atoms with E-state index >= 15 is 0 Å². The third-order valence-corrected chi connectivity index (χ3v) is 4.05. The predicted molar refractivity (Wildman–Crippen MR) is 73.3 cm³/mol. The quantitative estimate of drug-likeness (QED) is 0.779. The Labute approximate surface area is 111 Å². The summed E-state index contributed by atoms with van der Waals surface area (Å²) in [5.74, 6) is 0.490. The molecular formula is C14H28N2O2. The van der Waals surface area contributed by atoms with E-state index in [1.165, 1.54) is 26.4 Å². The molecule has 3 unspecified atom stereocenters. The van der Waals surface area contributed by atoms with Crippen molar-refractivity contribution in [3.63, 3.8) is 0 Å². The number of likely N-dealkylation sites (tertiary alicyclic amines) is 1. The number of carbonyl (C=O) groups is 1. The van der Waals surface area contributed by atoms with Crippen LogP contribution in [0.1, 0.15) is 46.5 Å². The van der Waals surface area contributed by atoms with Gasteiger partial charge in [-0.15, -0.1) is 0 Å². The molecule has 4 heteroatoms. The van der Waals surface area contributed by atoms with Gasteiger partial charge in [0.2, 0.25) is 0 Å². The Morgan fingerprint density at radius 1 is 1.50 bits per heavy atom. The Hall–Kier alpha value is -0.610. The number of hydrogen-bond donors (Lipinski definition) is 1. The van der Waals surface area contributed by atoms with Crippen LogP contribution in [0.4, 0.5) is 0 Å². The third-order valence-electron chi connectivity index (χ3n) is 4.05. The lowest BCUT2D eigenvalue weighted by Gasteiger charge is -2.32. The number of methoxy groups -OCH3 is 1. The van der Waals surface area contributed by atoms with Crippen LogP contribution in [0, 0.1) is 5.92 Å². The Morgan fingerprint density at radius 2 is 2.17 bits per heavy atom. The highest BCUT2D eigenvalue weighted by Crippen LogP contribution is 2.21. The fraction of sp³-hybridized carbons (Fsp3) is 0.929. The summed E-state index contributed by atoms with van der Waals surface area (Å²) < 4.78 is 4.76. The monoisotopic (exact) mass is 256 g/mol. The Bertz CT molecular complexity index is 279. The molecule has 0 saturated carbocycles. The summed E-state index contributed by atoms with van der Waals surface area (Å²) in [4.78, 5) is 14.1. The zero-order valence-electron chi connectivity index (χ0n) is 12.2. The van der Waals surface area contributed by atoms with Crippen molar-refractivity contribution in [2.75, 3.05) is 20.2 Å². The molecule has 4 nitrogen and oxygen atoms in total. The number of rotatable bonds is 4. The molecule has 0 aliphatic carbocycles. The van der Waals surface area contributed by atoms with Crippen LogP contribution in [0.2, 0.25) is 0 Å². The summed E-state index contributed by atoms with van der Waals surface area (Å²) in [6.45, 7) is 8.46. The molecule has 1 rings (SSSR count). The normalized spacial score (nSPS) is 27.1. The molecule has 1 heterocycles. The zero-order valence-corrected chi connectivity index (χ0v) is 12.2. The van der Waals surface area contributed by atoms with Gasteiger partial charge in [0, 0.05) is 6.04 Å². The number of hydrogen-bond acceptors (Lipinski definition) is 4. The number of carbonyl (C=O) groups excluding carboxylic acids is 1. The summed E-state index contributed by atoms with van der Waals surface area (Å²) >= 11 is 0. The van der Waals surface area contributed by atoms with Crippen LogP contribution in [0.15, 0.2) is 0 Å². The standard InChI is InChI=1S/C14H28N2O2/c1-11-6-5-8-16(9-7-11)12(2)10-14(3,15)13(17)18-4/h11-12H,5-10,15H2,1-4H3. The highest BCUT2D eigenvalue weighted by Gasteiger charge is 2.33. The van der Waals surface area contributed by atoms with Crippen LogP contribution in [0.3, 0.4) is 0 Å². The molecule has 3 atom stereocenters. The van der Waals surface area contributed by atoms with Crippen LogP contribution >= 0.6 is 0 Å². The maximum Gasteiger partial charge on any atom is 0.325 e. The third kappa shape index (κ3) is 4.25. The number of esters is 1. The van der Waals surface area contributed by atoms with Gasteiger partial charge in [-0.1, -0.05) is 6.92 Å². The van der Waals surface area contributed by atoms with Crippen molar-refractivity contribution < 1.29 is 9.53 Å². The Balaban J connectivity index is 2.53. The molecule has 18 heavy (non-hydrogen) atoms. The van der Waals surface area contributed by atoms with Gasteiger partial charge >= 0.3 is 5.97 Å². The molecule has 0 bridgehead atoms. The lowest BCUT2D eigenvalue weighted by molar-refractivity contribution is -0.147. The van der Waals surface area contributed by atoms with Gasteiger partial charge < -0.3 is 15.4 Å². The van der Waals surface area contributed by atoms with Gasteiger partial charge in [0.25, 0.3) is 0 Å². The van der Waals surface area contributed by atoms with Crippen molar-refractivity contribution in [3.8, 4) is 0 Å². The summed E-state index contributed by atoms with van der Waals surface area (Å²) in [5.41, 5.74) is 5.16. The van der Waals surface area contributed by atoms with E-state index in [4.69, 9.17) is 10.5 Å². The minimum Gasteiger partial charge on any atom is -0.468 e. The second-order valence-corrected chi connectivity index (χ2v) is 6.03. The molecule has 0 radical (unpaired) electrons. The SMILES string of the molecule is COC(=O)C(C)(N)CC(C)N1CCCC(C)CC1. The molecule has 106 valence electrons. The van der Waals surface area contributed by atoms with Crippen molar-refractivity contribution in [1.29, 1.82) is 0 Å². The lowest BCUT2D eigenvalue weighted by Crippen LogP contribution is -2.51. The molecule has 0 aromatic rings. The molecule has 2 N–H and O–H groups in total. The maximum absolute atomic E-state index is 11.6. The van der Waals surface area contributed by atoms with Crippen molar-refractivity contribution in [3.05, 3.63) is 0 Å². The Kier molecular flexibility index (Phi) is 5.60. The van der Waals surface area contributed by atoms with E-state index < -0.39 is 5.54 Å². The van der Waals surface area contributed by atoms with Crippen LogP contribution in [0.25, 0.3) is 0 Å². The van der Waals surface area contributed by atoms with Gasteiger partial charge in [-0.2, -0.15) is 0 Å². The van der Waals surface area contributed by atoms with Crippen molar-refractivity contribution in [1.82, 2.24) is 4.90 Å². The first-order valence-electron chi connectivity index (χ1n) is 6.98.